The number of hydrogen-bond acceptors (Lipinski definition) is 2. The maximum atomic E-state index is 13.3. The topological polar surface area (TPSA) is 34.9 Å². The van der Waals surface area contributed by atoms with Crippen molar-refractivity contribution in [2.45, 2.75) is 12.8 Å². The quantitative estimate of drug-likeness (QED) is 0.624. The molecule has 2 aliphatic carbocycles. The molecule has 128 valence electrons. The van der Waals surface area contributed by atoms with Gasteiger partial charge in [0.05, 0.1) is 11.4 Å². The van der Waals surface area contributed by atoms with Crippen molar-refractivity contribution in [1.29, 1.82) is 0 Å². The number of carbonyl (C=O) groups is 1. The van der Waals surface area contributed by atoms with Gasteiger partial charge in [0.15, 0.2) is 0 Å². The Morgan fingerprint density at radius 3 is 2.19 bits per heavy atom. The van der Waals surface area contributed by atoms with E-state index in [1.165, 1.54) is 0 Å². The Morgan fingerprint density at radius 1 is 0.885 bits per heavy atom. The summed E-state index contributed by atoms with van der Waals surface area (Å²) in [6.45, 7) is 0. The van der Waals surface area contributed by atoms with E-state index in [1.54, 1.807) is 4.68 Å². The largest absolute Gasteiger partial charge is 0.272 e. The molecule has 0 radical (unpaired) electrons. The van der Waals surface area contributed by atoms with Gasteiger partial charge in [0.25, 0.3) is 5.91 Å². The van der Waals surface area contributed by atoms with Gasteiger partial charge in [-0.2, -0.15) is 9.78 Å². The highest BCUT2D eigenvalue weighted by molar-refractivity contribution is 5.87. The standard InChI is InChI=1S/C23H20N2O/c26-23(20-14-16-11-12-19(20)13-16)25-22(18-9-5-2-6-10-18)15-21(24-25)17-7-3-1-4-8-17/h1-12,15-16,19-20H,13-14H2/t16-,19+,20+/m1/s1. The Kier molecular flexibility index (Phi) is 3.59. The average molecular weight is 340 g/mol. The molecule has 0 aliphatic heterocycles. The number of nitrogens with zero attached hydrogens (tertiary/aromatic N) is 2. The zero-order valence-electron chi connectivity index (χ0n) is 14.5. The Hall–Kier alpha value is -2.94. The summed E-state index contributed by atoms with van der Waals surface area (Å²) in [6.07, 6.45) is 6.56. The molecule has 26 heavy (non-hydrogen) atoms. The highest BCUT2D eigenvalue weighted by Crippen LogP contribution is 2.44. The van der Waals surface area contributed by atoms with Crippen molar-refractivity contribution in [1.82, 2.24) is 9.78 Å². The van der Waals surface area contributed by atoms with E-state index in [9.17, 15) is 4.79 Å². The fraction of sp³-hybridized carbons (Fsp3) is 0.217. The zero-order valence-corrected chi connectivity index (χ0v) is 14.5. The van der Waals surface area contributed by atoms with Crippen molar-refractivity contribution in [3.63, 3.8) is 0 Å². The van der Waals surface area contributed by atoms with Crippen LogP contribution < -0.4 is 0 Å². The first kappa shape index (κ1) is 15.3. The minimum absolute atomic E-state index is 0.0518. The molecule has 0 N–H and O–H groups in total. The van der Waals surface area contributed by atoms with E-state index in [2.05, 4.69) is 12.2 Å². The van der Waals surface area contributed by atoms with Crippen molar-refractivity contribution in [3.8, 4) is 22.5 Å². The van der Waals surface area contributed by atoms with E-state index in [0.717, 1.165) is 35.4 Å². The molecule has 2 bridgehead atoms. The van der Waals surface area contributed by atoms with Gasteiger partial charge in [0, 0.05) is 17.0 Å². The van der Waals surface area contributed by atoms with Crippen LogP contribution in [0.5, 0.6) is 0 Å². The second-order valence-electron chi connectivity index (χ2n) is 7.28. The molecule has 3 atom stereocenters. The lowest BCUT2D eigenvalue weighted by Crippen LogP contribution is -2.26. The van der Waals surface area contributed by atoms with Crippen molar-refractivity contribution in [2.24, 2.45) is 17.8 Å². The number of carbonyl (C=O) groups excluding carboxylic acids is 1. The molecule has 0 unspecified atom stereocenters. The third-order valence-corrected chi connectivity index (χ3v) is 5.65. The van der Waals surface area contributed by atoms with Gasteiger partial charge in [0.2, 0.25) is 0 Å². The van der Waals surface area contributed by atoms with Crippen LogP contribution in [0.4, 0.5) is 0 Å². The second-order valence-corrected chi connectivity index (χ2v) is 7.28. The van der Waals surface area contributed by atoms with Gasteiger partial charge in [-0.3, -0.25) is 4.79 Å². The Labute approximate surface area is 153 Å². The van der Waals surface area contributed by atoms with E-state index in [1.807, 2.05) is 66.7 Å². The monoisotopic (exact) mass is 340 g/mol. The van der Waals surface area contributed by atoms with Crippen LogP contribution in [0.15, 0.2) is 78.9 Å². The minimum Gasteiger partial charge on any atom is -0.272 e. The molecule has 1 saturated carbocycles. The molecule has 1 aromatic heterocycles. The predicted molar refractivity (Wildman–Crippen MR) is 103 cm³/mol. The number of allylic oxidation sites excluding steroid dienone is 2. The molecular formula is C23H20N2O. The fourth-order valence-corrected chi connectivity index (χ4v) is 4.34. The first-order valence-corrected chi connectivity index (χ1v) is 9.23. The van der Waals surface area contributed by atoms with E-state index >= 15 is 0 Å². The van der Waals surface area contributed by atoms with Gasteiger partial charge in [0.1, 0.15) is 0 Å². The normalized spacial score (nSPS) is 23.5. The molecule has 2 aliphatic rings. The summed E-state index contributed by atoms with van der Waals surface area (Å²) in [7, 11) is 0. The van der Waals surface area contributed by atoms with E-state index in [0.29, 0.717) is 11.8 Å². The molecule has 3 heteroatoms. The van der Waals surface area contributed by atoms with Gasteiger partial charge in [-0.1, -0.05) is 72.8 Å². The molecule has 0 saturated heterocycles. The molecule has 1 heterocycles. The van der Waals surface area contributed by atoms with Crippen LogP contribution >= 0.6 is 0 Å². The molecule has 1 fully saturated rings. The Bertz CT molecular complexity index is 972. The van der Waals surface area contributed by atoms with Crippen LogP contribution in [0.2, 0.25) is 0 Å². The molecule has 0 amide bonds. The van der Waals surface area contributed by atoms with Crippen molar-refractivity contribution in [2.75, 3.05) is 0 Å². The predicted octanol–water partition coefficient (Wildman–Crippen LogP) is 5.07. The lowest BCUT2D eigenvalue weighted by atomic mass is 9.93. The van der Waals surface area contributed by atoms with E-state index < -0.39 is 0 Å². The summed E-state index contributed by atoms with van der Waals surface area (Å²) in [5.74, 6) is 1.12. The zero-order chi connectivity index (χ0) is 17.5. The molecular weight excluding hydrogens is 320 g/mol. The van der Waals surface area contributed by atoms with Crippen LogP contribution in [-0.4, -0.2) is 15.7 Å². The maximum absolute atomic E-state index is 13.3. The molecule has 2 aromatic carbocycles. The van der Waals surface area contributed by atoms with Gasteiger partial charge in [-0.25, -0.2) is 0 Å². The van der Waals surface area contributed by atoms with Crippen LogP contribution in [0.3, 0.4) is 0 Å². The highest BCUT2D eigenvalue weighted by Gasteiger charge is 2.41. The molecule has 3 aromatic rings. The van der Waals surface area contributed by atoms with Gasteiger partial charge >= 0.3 is 0 Å². The van der Waals surface area contributed by atoms with Crippen molar-refractivity contribution in [3.05, 3.63) is 78.9 Å². The SMILES string of the molecule is O=C([C@H]1C[C@@H]2C=C[C@H]1C2)n1nc(-c2ccccc2)cc1-c1ccccc1. The third-order valence-electron chi connectivity index (χ3n) is 5.65. The Balaban J connectivity index is 1.60. The number of hydrogen-bond donors (Lipinski definition) is 0. The van der Waals surface area contributed by atoms with Gasteiger partial charge < -0.3 is 0 Å². The van der Waals surface area contributed by atoms with Crippen LogP contribution in [0.25, 0.3) is 22.5 Å². The number of fused-ring (bicyclic) bond motifs is 2. The lowest BCUT2D eigenvalue weighted by Gasteiger charge is -2.17. The first-order valence-electron chi connectivity index (χ1n) is 9.23. The van der Waals surface area contributed by atoms with Crippen LogP contribution in [-0.2, 0) is 0 Å². The third kappa shape index (κ3) is 2.51. The number of rotatable bonds is 3. The van der Waals surface area contributed by atoms with Crippen LogP contribution in [0, 0.1) is 17.8 Å². The van der Waals surface area contributed by atoms with Crippen molar-refractivity contribution < 1.29 is 4.79 Å². The number of benzene rings is 2. The number of aromatic nitrogens is 2. The first-order chi connectivity index (χ1) is 12.8. The maximum Gasteiger partial charge on any atom is 0.251 e. The van der Waals surface area contributed by atoms with Crippen molar-refractivity contribution >= 4 is 5.91 Å². The summed E-state index contributed by atoms with van der Waals surface area (Å²) in [6, 6.07) is 22.2. The fourth-order valence-electron chi connectivity index (χ4n) is 4.34. The van der Waals surface area contributed by atoms with Gasteiger partial charge in [-0.05, 0) is 30.7 Å². The summed E-state index contributed by atoms with van der Waals surface area (Å²) < 4.78 is 1.65. The molecule has 0 spiro atoms. The average Bonchev–Trinajstić information content (AvgIpc) is 3.44. The lowest BCUT2D eigenvalue weighted by molar-refractivity contribution is 0.0799. The smallest absolute Gasteiger partial charge is 0.251 e. The summed E-state index contributed by atoms with van der Waals surface area (Å²) in [5, 5.41) is 4.73. The van der Waals surface area contributed by atoms with Crippen LogP contribution in [0.1, 0.15) is 17.6 Å². The second kappa shape index (κ2) is 6.10. The van der Waals surface area contributed by atoms with E-state index in [-0.39, 0.29) is 11.8 Å². The highest BCUT2D eigenvalue weighted by atomic mass is 16.2. The summed E-state index contributed by atoms with van der Waals surface area (Å²) in [5.41, 5.74) is 3.77. The summed E-state index contributed by atoms with van der Waals surface area (Å²) >= 11 is 0. The van der Waals surface area contributed by atoms with Gasteiger partial charge in [-0.15, -0.1) is 0 Å². The Morgan fingerprint density at radius 2 is 1.58 bits per heavy atom. The minimum atomic E-state index is 0.0518. The van der Waals surface area contributed by atoms with E-state index in [4.69, 9.17) is 5.10 Å². The molecule has 3 nitrogen and oxygen atoms in total. The molecule has 5 rings (SSSR count). The summed E-state index contributed by atoms with van der Waals surface area (Å²) in [4.78, 5) is 13.3.